The van der Waals surface area contributed by atoms with Crippen LogP contribution in [0.25, 0.3) is 0 Å². The molecule has 0 radical (unpaired) electrons. The molecule has 0 aliphatic carbocycles. The molecule has 1 rings (SSSR count). The normalized spacial score (nSPS) is 11.1. The van der Waals surface area contributed by atoms with E-state index in [0.29, 0.717) is 5.88 Å². The average molecular weight is 186 g/mol. The summed E-state index contributed by atoms with van der Waals surface area (Å²) in [5, 5.41) is 3.22. The van der Waals surface area contributed by atoms with Gasteiger partial charge in [-0.2, -0.15) is 0 Å². The highest BCUT2D eigenvalue weighted by Crippen LogP contribution is 1.97. The van der Waals surface area contributed by atoms with E-state index in [1.165, 1.54) is 0 Å². The van der Waals surface area contributed by atoms with Crippen LogP contribution in [0.4, 0.5) is 0 Å². The first kappa shape index (κ1) is 9.36. The van der Waals surface area contributed by atoms with E-state index in [2.05, 4.69) is 5.32 Å². The van der Waals surface area contributed by atoms with Crippen molar-refractivity contribution in [2.75, 3.05) is 12.4 Å². The fraction of sp³-hybridized carbons (Fsp3) is 0.333. The number of alkyl halides is 1. The molecule has 0 saturated heterocycles. The molecule has 0 aliphatic heterocycles. The van der Waals surface area contributed by atoms with E-state index < -0.39 is 0 Å². The van der Waals surface area contributed by atoms with Crippen molar-refractivity contribution in [2.45, 2.75) is 6.54 Å². The first-order valence-corrected chi connectivity index (χ1v) is 4.39. The fourth-order valence-corrected chi connectivity index (χ4v) is 0.965. The van der Waals surface area contributed by atoms with Crippen LogP contribution in [0.5, 0.6) is 0 Å². The van der Waals surface area contributed by atoms with Crippen molar-refractivity contribution < 1.29 is 4.42 Å². The van der Waals surface area contributed by atoms with Crippen LogP contribution in [0.3, 0.4) is 0 Å². The lowest BCUT2D eigenvalue weighted by atomic mass is 10.3. The summed E-state index contributed by atoms with van der Waals surface area (Å²) >= 11 is 5.45. The Labute approximate surface area is 77.2 Å². The average Bonchev–Trinajstić information content (AvgIpc) is 2.57. The van der Waals surface area contributed by atoms with Crippen LogP contribution in [0, 0.1) is 0 Å². The van der Waals surface area contributed by atoms with Crippen molar-refractivity contribution in [3.63, 3.8) is 0 Å². The Bertz CT molecular complexity index is 218. The summed E-state index contributed by atoms with van der Waals surface area (Å²) in [5.41, 5.74) is 1.16. The minimum absolute atomic E-state index is 0.577. The van der Waals surface area contributed by atoms with E-state index >= 15 is 0 Å². The number of hydrogen-bond acceptors (Lipinski definition) is 2. The third-order valence-electron chi connectivity index (χ3n) is 1.43. The van der Waals surface area contributed by atoms with Gasteiger partial charge in [0, 0.05) is 24.5 Å². The molecule has 0 saturated carbocycles. The minimum Gasteiger partial charge on any atom is -0.472 e. The summed E-state index contributed by atoms with van der Waals surface area (Å²) in [6, 6.07) is 1.94. The van der Waals surface area contributed by atoms with Crippen molar-refractivity contribution in [3.8, 4) is 0 Å². The maximum absolute atomic E-state index is 5.45. The third kappa shape index (κ3) is 3.60. The van der Waals surface area contributed by atoms with Gasteiger partial charge < -0.3 is 9.73 Å². The number of furan rings is 1. The molecule has 0 unspecified atom stereocenters. The maximum Gasteiger partial charge on any atom is 0.0947 e. The second-order valence-electron chi connectivity index (χ2n) is 2.39. The van der Waals surface area contributed by atoms with Gasteiger partial charge in [0.25, 0.3) is 0 Å². The van der Waals surface area contributed by atoms with Crippen LogP contribution in [0.15, 0.2) is 35.2 Å². The van der Waals surface area contributed by atoms with Gasteiger partial charge in [0.1, 0.15) is 0 Å². The van der Waals surface area contributed by atoms with Gasteiger partial charge in [-0.05, 0) is 6.07 Å². The SMILES string of the molecule is ClC/C=C/CNCc1ccoc1. The topological polar surface area (TPSA) is 25.2 Å². The van der Waals surface area contributed by atoms with Gasteiger partial charge in [0.2, 0.25) is 0 Å². The van der Waals surface area contributed by atoms with Crippen molar-refractivity contribution in [2.24, 2.45) is 0 Å². The smallest absolute Gasteiger partial charge is 0.0947 e. The second-order valence-corrected chi connectivity index (χ2v) is 2.70. The van der Waals surface area contributed by atoms with Crippen molar-refractivity contribution in [3.05, 3.63) is 36.3 Å². The first-order valence-electron chi connectivity index (χ1n) is 3.86. The summed E-state index contributed by atoms with van der Waals surface area (Å²) in [6.07, 6.45) is 7.33. The zero-order valence-corrected chi connectivity index (χ0v) is 7.55. The number of nitrogens with one attached hydrogen (secondary N) is 1. The summed E-state index contributed by atoms with van der Waals surface area (Å²) in [6.45, 7) is 1.68. The van der Waals surface area contributed by atoms with Crippen molar-refractivity contribution >= 4 is 11.6 Å². The molecule has 1 heterocycles. The van der Waals surface area contributed by atoms with Gasteiger partial charge in [-0.25, -0.2) is 0 Å². The first-order chi connectivity index (χ1) is 5.93. The lowest BCUT2D eigenvalue weighted by Crippen LogP contribution is -2.12. The quantitative estimate of drug-likeness (QED) is 0.432. The lowest BCUT2D eigenvalue weighted by molar-refractivity contribution is 0.561. The molecular formula is C9H12ClNO. The highest BCUT2D eigenvalue weighted by molar-refractivity contribution is 6.18. The fourth-order valence-electron chi connectivity index (χ4n) is 0.839. The molecule has 0 aromatic carbocycles. The number of allylic oxidation sites excluding steroid dienone is 1. The van der Waals surface area contributed by atoms with Crippen LogP contribution in [-0.2, 0) is 6.54 Å². The van der Waals surface area contributed by atoms with E-state index in [9.17, 15) is 0 Å². The molecule has 66 valence electrons. The summed E-state index contributed by atoms with van der Waals surface area (Å²) in [5.74, 6) is 0.577. The van der Waals surface area contributed by atoms with E-state index in [1.54, 1.807) is 12.5 Å². The van der Waals surface area contributed by atoms with Gasteiger partial charge in [0.15, 0.2) is 0 Å². The molecule has 1 aromatic rings. The molecule has 0 bridgehead atoms. The van der Waals surface area contributed by atoms with E-state index in [4.69, 9.17) is 16.0 Å². The molecule has 0 amide bonds. The number of rotatable bonds is 5. The highest BCUT2D eigenvalue weighted by Gasteiger charge is 1.90. The van der Waals surface area contributed by atoms with E-state index in [-0.39, 0.29) is 0 Å². The van der Waals surface area contributed by atoms with Gasteiger partial charge in [-0.15, -0.1) is 11.6 Å². The molecule has 0 spiro atoms. The zero-order valence-electron chi connectivity index (χ0n) is 6.79. The molecule has 12 heavy (non-hydrogen) atoms. The van der Waals surface area contributed by atoms with Crippen LogP contribution in [0.1, 0.15) is 5.56 Å². The van der Waals surface area contributed by atoms with E-state index in [0.717, 1.165) is 18.7 Å². The van der Waals surface area contributed by atoms with Crippen molar-refractivity contribution in [1.82, 2.24) is 5.32 Å². The van der Waals surface area contributed by atoms with Gasteiger partial charge >= 0.3 is 0 Å². The molecule has 0 atom stereocenters. The van der Waals surface area contributed by atoms with Crippen LogP contribution in [-0.4, -0.2) is 12.4 Å². The molecule has 3 heteroatoms. The third-order valence-corrected chi connectivity index (χ3v) is 1.61. The number of halogens is 1. The Morgan fingerprint density at radius 2 is 2.42 bits per heavy atom. The highest BCUT2D eigenvalue weighted by atomic mass is 35.5. The Kier molecular flexibility index (Phi) is 4.57. The summed E-state index contributed by atoms with van der Waals surface area (Å²) in [4.78, 5) is 0. The monoisotopic (exact) mass is 185 g/mol. The van der Waals surface area contributed by atoms with Gasteiger partial charge in [-0.3, -0.25) is 0 Å². The molecule has 0 fully saturated rings. The van der Waals surface area contributed by atoms with Crippen LogP contribution in [0.2, 0.25) is 0 Å². The molecule has 0 aliphatic rings. The van der Waals surface area contributed by atoms with Crippen LogP contribution < -0.4 is 5.32 Å². The predicted octanol–water partition coefficient (Wildman–Crippen LogP) is 2.16. The Morgan fingerprint density at radius 1 is 1.50 bits per heavy atom. The zero-order chi connectivity index (χ0) is 8.65. The Morgan fingerprint density at radius 3 is 3.08 bits per heavy atom. The predicted molar refractivity (Wildman–Crippen MR) is 50.3 cm³/mol. The van der Waals surface area contributed by atoms with Gasteiger partial charge in [0.05, 0.1) is 12.5 Å². The van der Waals surface area contributed by atoms with Crippen LogP contribution >= 0.6 is 11.6 Å². The van der Waals surface area contributed by atoms with Crippen molar-refractivity contribution in [1.29, 1.82) is 0 Å². The molecule has 2 nitrogen and oxygen atoms in total. The number of hydrogen-bond donors (Lipinski definition) is 1. The molecule has 1 aromatic heterocycles. The standard InChI is InChI=1S/C9H12ClNO/c10-4-1-2-5-11-7-9-3-6-12-8-9/h1-3,6,8,11H,4-5,7H2/b2-1+. The molecule has 1 N–H and O–H groups in total. The van der Waals surface area contributed by atoms with Gasteiger partial charge in [-0.1, -0.05) is 12.2 Å². The minimum atomic E-state index is 0.577. The largest absolute Gasteiger partial charge is 0.472 e. The molecular weight excluding hydrogens is 174 g/mol. The Balaban J connectivity index is 2.07. The Hall–Kier alpha value is -0.730. The second kappa shape index (κ2) is 5.86. The maximum atomic E-state index is 5.45. The summed E-state index contributed by atoms with van der Waals surface area (Å²) < 4.78 is 4.91. The lowest BCUT2D eigenvalue weighted by Gasteiger charge is -1.96. The summed E-state index contributed by atoms with van der Waals surface area (Å²) in [7, 11) is 0. The van der Waals surface area contributed by atoms with E-state index in [1.807, 2.05) is 18.2 Å².